The van der Waals surface area contributed by atoms with Crippen LogP contribution in [0.4, 0.5) is 0 Å². The van der Waals surface area contributed by atoms with Crippen molar-refractivity contribution in [2.24, 2.45) is 0 Å². The second kappa shape index (κ2) is 6.74. The molecule has 90 valence electrons. The molecule has 1 aromatic heterocycles. The van der Waals surface area contributed by atoms with Crippen LogP contribution in [0.15, 0.2) is 17.7 Å². The van der Waals surface area contributed by atoms with Gasteiger partial charge in [0.15, 0.2) is 0 Å². The number of hydrogen-bond donors (Lipinski definition) is 0. The third-order valence-corrected chi connectivity index (χ3v) is 2.86. The molecule has 0 radical (unpaired) electrons. The average molecular weight is 241 g/mol. The molecule has 0 fully saturated rings. The Kier molecular flexibility index (Phi) is 5.61. The van der Waals surface area contributed by atoms with E-state index in [-0.39, 0.29) is 0 Å². The lowest BCUT2D eigenvalue weighted by molar-refractivity contribution is 0.620. The first-order valence-electron chi connectivity index (χ1n) is 5.98. The highest BCUT2D eigenvalue weighted by Gasteiger charge is 2.05. The first kappa shape index (κ1) is 13.3. The van der Waals surface area contributed by atoms with Crippen molar-refractivity contribution in [2.75, 3.05) is 5.88 Å². The largest absolute Gasteiger partial charge is 0.269 e. The molecule has 1 heterocycles. The van der Waals surface area contributed by atoms with E-state index in [9.17, 15) is 0 Å². The molecule has 2 nitrogen and oxygen atoms in total. The summed E-state index contributed by atoms with van der Waals surface area (Å²) in [6, 6.07) is 2.21. The maximum Gasteiger partial charge on any atom is 0.0624 e. The summed E-state index contributed by atoms with van der Waals surface area (Å²) < 4.78 is 2.09. The zero-order valence-electron chi connectivity index (χ0n) is 10.5. The summed E-state index contributed by atoms with van der Waals surface area (Å²) in [5.74, 6) is 0.699. The molecule has 0 aromatic carbocycles. The molecular weight excluding hydrogens is 220 g/mol. The van der Waals surface area contributed by atoms with Crippen LogP contribution in [0, 0.1) is 0 Å². The molecule has 0 N–H and O–H groups in total. The van der Waals surface area contributed by atoms with Gasteiger partial charge in [0, 0.05) is 24.5 Å². The quantitative estimate of drug-likeness (QED) is 0.549. The van der Waals surface area contributed by atoms with E-state index in [2.05, 4.69) is 42.7 Å². The highest BCUT2D eigenvalue weighted by Crippen LogP contribution is 2.11. The predicted molar refractivity (Wildman–Crippen MR) is 70.1 cm³/mol. The van der Waals surface area contributed by atoms with Gasteiger partial charge in [0.25, 0.3) is 0 Å². The van der Waals surface area contributed by atoms with Gasteiger partial charge in [0.2, 0.25) is 0 Å². The van der Waals surface area contributed by atoms with Crippen molar-refractivity contribution >= 4 is 11.6 Å². The molecular formula is C13H21ClN2. The van der Waals surface area contributed by atoms with Crippen molar-refractivity contribution in [3.8, 4) is 0 Å². The number of rotatable bonds is 6. The van der Waals surface area contributed by atoms with E-state index >= 15 is 0 Å². The molecule has 1 rings (SSSR count). The maximum atomic E-state index is 5.67. The molecule has 16 heavy (non-hydrogen) atoms. The van der Waals surface area contributed by atoms with E-state index in [0.29, 0.717) is 5.88 Å². The van der Waals surface area contributed by atoms with Gasteiger partial charge in [0.05, 0.1) is 5.69 Å². The van der Waals surface area contributed by atoms with Crippen LogP contribution in [0.25, 0.3) is 0 Å². The summed E-state index contributed by atoms with van der Waals surface area (Å²) in [5.41, 5.74) is 3.86. The van der Waals surface area contributed by atoms with E-state index in [1.807, 2.05) is 0 Å². The van der Waals surface area contributed by atoms with E-state index in [4.69, 9.17) is 11.6 Å². The molecule has 0 aliphatic heterocycles. The zero-order chi connectivity index (χ0) is 12.0. The Morgan fingerprint density at radius 2 is 2.25 bits per heavy atom. The summed E-state index contributed by atoms with van der Waals surface area (Å²) >= 11 is 5.67. The Labute approximate surface area is 103 Å². The summed E-state index contributed by atoms with van der Waals surface area (Å²) in [6.45, 7) is 7.37. The second-order valence-corrected chi connectivity index (χ2v) is 4.38. The fourth-order valence-electron chi connectivity index (χ4n) is 1.76. The third-order valence-electron chi connectivity index (χ3n) is 2.64. The molecule has 0 bridgehead atoms. The Hall–Kier alpha value is -0.760. The normalized spacial score (nSPS) is 12.1. The molecule has 0 atom stereocenters. The molecule has 1 aromatic rings. The van der Waals surface area contributed by atoms with Crippen LogP contribution in [0.1, 0.15) is 38.6 Å². The molecule has 3 heteroatoms. The number of halogens is 1. The fourth-order valence-corrected chi connectivity index (χ4v) is 1.87. The van der Waals surface area contributed by atoms with Crippen LogP contribution in [-0.4, -0.2) is 15.7 Å². The van der Waals surface area contributed by atoms with Crippen LogP contribution in [0.5, 0.6) is 0 Å². The van der Waals surface area contributed by atoms with Crippen LogP contribution in [0.3, 0.4) is 0 Å². The van der Waals surface area contributed by atoms with E-state index in [1.54, 1.807) is 0 Å². The van der Waals surface area contributed by atoms with E-state index in [0.717, 1.165) is 25.8 Å². The summed E-state index contributed by atoms with van der Waals surface area (Å²) in [6.07, 6.45) is 5.15. The van der Waals surface area contributed by atoms with Gasteiger partial charge in [-0.3, -0.25) is 4.68 Å². The van der Waals surface area contributed by atoms with Gasteiger partial charge in [-0.05, 0) is 32.8 Å². The fraction of sp³-hybridized carbons (Fsp3) is 0.615. The lowest BCUT2D eigenvalue weighted by Gasteiger charge is -2.04. The van der Waals surface area contributed by atoms with Gasteiger partial charge < -0.3 is 0 Å². The highest BCUT2D eigenvalue weighted by molar-refractivity contribution is 6.17. The van der Waals surface area contributed by atoms with Crippen molar-refractivity contribution in [1.29, 1.82) is 0 Å². The van der Waals surface area contributed by atoms with Crippen molar-refractivity contribution in [3.63, 3.8) is 0 Å². The minimum Gasteiger partial charge on any atom is -0.269 e. The minimum absolute atomic E-state index is 0.699. The van der Waals surface area contributed by atoms with E-state index < -0.39 is 0 Å². The monoisotopic (exact) mass is 240 g/mol. The number of aromatic nitrogens is 2. The smallest absolute Gasteiger partial charge is 0.0624 e. The molecule has 0 spiro atoms. The summed E-state index contributed by atoms with van der Waals surface area (Å²) in [4.78, 5) is 0. The number of nitrogens with zero attached hydrogens (tertiary/aromatic N) is 2. The zero-order valence-corrected chi connectivity index (χ0v) is 11.2. The number of allylic oxidation sites excluding steroid dienone is 2. The molecule has 0 saturated heterocycles. The van der Waals surface area contributed by atoms with Crippen LogP contribution >= 0.6 is 11.6 Å². The average Bonchev–Trinajstić information content (AvgIpc) is 2.68. The van der Waals surface area contributed by atoms with Gasteiger partial charge in [-0.2, -0.15) is 5.10 Å². The summed E-state index contributed by atoms with van der Waals surface area (Å²) in [7, 11) is 0. The standard InChI is InChI=1S/C13H21ClN2/c1-4-12-10-13(16(5-2)15-12)9-11(3)7-6-8-14/h7,10H,4-6,8-9H2,1-3H3. The van der Waals surface area contributed by atoms with Crippen molar-refractivity contribution in [3.05, 3.63) is 29.1 Å². The van der Waals surface area contributed by atoms with Gasteiger partial charge in [-0.1, -0.05) is 18.6 Å². The van der Waals surface area contributed by atoms with Crippen molar-refractivity contribution in [2.45, 2.75) is 46.6 Å². The minimum atomic E-state index is 0.699. The Morgan fingerprint density at radius 3 is 2.81 bits per heavy atom. The van der Waals surface area contributed by atoms with Crippen LogP contribution < -0.4 is 0 Å². The second-order valence-electron chi connectivity index (χ2n) is 4.00. The van der Waals surface area contributed by atoms with Crippen molar-refractivity contribution in [1.82, 2.24) is 9.78 Å². The SMILES string of the molecule is CCc1cc(CC(C)=CCCCl)n(CC)n1. The molecule has 0 aliphatic rings. The Balaban J connectivity index is 2.75. The van der Waals surface area contributed by atoms with Crippen molar-refractivity contribution < 1.29 is 0 Å². The molecule has 0 unspecified atom stereocenters. The lowest BCUT2D eigenvalue weighted by Crippen LogP contribution is -2.03. The van der Waals surface area contributed by atoms with Gasteiger partial charge in [0.1, 0.15) is 0 Å². The number of alkyl halides is 1. The predicted octanol–water partition coefficient (Wildman–Crippen LogP) is 3.58. The Bertz CT molecular complexity index is 353. The highest BCUT2D eigenvalue weighted by atomic mass is 35.5. The Morgan fingerprint density at radius 1 is 1.50 bits per heavy atom. The first-order valence-corrected chi connectivity index (χ1v) is 6.51. The van der Waals surface area contributed by atoms with E-state index in [1.165, 1.54) is 17.0 Å². The van der Waals surface area contributed by atoms with Crippen LogP contribution in [0.2, 0.25) is 0 Å². The van der Waals surface area contributed by atoms with Gasteiger partial charge >= 0.3 is 0 Å². The third kappa shape index (κ3) is 3.67. The number of hydrogen-bond acceptors (Lipinski definition) is 1. The molecule has 0 saturated carbocycles. The number of aryl methyl sites for hydroxylation is 2. The molecule has 0 aliphatic carbocycles. The van der Waals surface area contributed by atoms with Gasteiger partial charge in [-0.25, -0.2) is 0 Å². The topological polar surface area (TPSA) is 17.8 Å². The van der Waals surface area contributed by atoms with Gasteiger partial charge in [-0.15, -0.1) is 11.6 Å². The lowest BCUT2D eigenvalue weighted by atomic mass is 10.1. The molecule has 0 amide bonds. The first-order chi connectivity index (χ1) is 7.71. The summed E-state index contributed by atoms with van der Waals surface area (Å²) in [5, 5.41) is 4.54. The van der Waals surface area contributed by atoms with Crippen LogP contribution in [-0.2, 0) is 19.4 Å². The maximum absolute atomic E-state index is 5.67.